The molecular weight excluding hydrogens is 350 g/mol. The maximum Gasteiger partial charge on any atom is 0.225 e. The summed E-state index contributed by atoms with van der Waals surface area (Å²) in [6.07, 6.45) is 2.84. The number of hydrogen-bond donors (Lipinski definition) is 1. The van der Waals surface area contributed by atoms with Crippen molar-refractivity contribution in [1.29, 1.82) is 0 Å². The Morgan fingerprint density at radius 1 is 1.19 bits per heavy atom. The van der Waals surface area contributed by atoms with Gasteiger partial charge in [0.05, 0.1) is 27.0 Å². The molecule has 0 unspecified atom stereocenters. The second kappa shape index (κ2) is 8.53. The van der Waals surface area contributed by atoms with Crippen LogP contribution in [0.15, 0.2) is 48.0 Å². The number of anilines is 1. The van der Waals surface area contributed by atoms with Crippen LogP contribution in [0.4, 0.5) is 5.82 Å². The molecule has 2 aromatic heterocycles. The summed E-state index contributed by atoms with van der Waals surface area (Å²) in [5.74, 6) is 1.96. The Labute approximate surface area is 156 Å². The number of carbonyl (C=O) groups excluding carboxylic acids is 1. The number of benzene rings is 1. The first-order valence-corrected chi connectivity index (χ1v) is 9.13. The molecule has 0 radical (unpaired) electrons. The highest BCUT2D eigenvalue weighted by atomic mass is 32.1. The molecule has 0 spiro atoms. The smallest absolute Gasteiger partial charge is 0.225 e. The fraction of sp³-hybridized carbons (Fsp3) is 0.263. The van der Waals surface area contributed by atoms with Crippen molar-refractivity contribution in [3.8, 4) is 11.5 Å². The second-order valence-electron chi connectivity index (χ2n) is 5.65. The van der Waals surface area contributed by atoms with Crippen LogP contribution >= 0.6 is 11.3 Å². The molecule has 6 nitrogen and oxygen atoms in total. The molecule has 1 amide bonds. The van der Waals surface area contributed by atoms with Gasteiger partial charge in [0.1, 0.15) is 5.82 Å². The highest BCUT2D eigenvalue weighted by Crippen LogP contribution is 2.31. The lowest BCUT2D eigenvalue weighted by atomic mass is 10.2. The van der Waals surface area contributed by atoms with Gasteiger partial charge in [-0.3, -0.25) is 4.79 Å². The Balaban J connectivity index is 1.68. The van der Waals surface area contributed by atoms with Gasteiger partial charge < -0.3 is 14.8 Å². The lowest BCUT2D eigenvalue weighted by Gasteiger charge is -2.14. The largest absolute Gasteiger partial charge is 0.493 e. The highest BCUT2D eigenvalue weighted by Gasteiger charge is 2.13. The van der Waals surface area contributed by atoms with E-state index in [0.717, 1.165) is 12.0 Å². The van der Waals surface area contributed by atoms with Crippen molar-refractivity contribution < 1.29 is 14.3 Å². The summed E-state index contributed by atoms with van der Waals surface area (Å²) >= 11 is 1.66. The van der Waals surface area contributed by atoms with E-state index in [4.69, 9.17) is 9.47 Å². The van der Waals surface area contributed by atoms with Gasteiger partial charge in [-0.25, -0.2) is 4.68 Å². The zero-order valence-electron chi connectivity index (χ0n) is 14.8. The van der Waals surface area contributed by atoms with E-state index in [1.165, 1.54) is 4.88 Å². The van der Waals surface area contributed by atoms with Crippen molar-refractivity contribution in [3.63, 3.8) is 0 Å². The van der Waals surface area contributed by atoms with Crippen LogP contribution in [-0.2, 0) is 17.8 Å². The number of para-hydroxylation sites is 1. The Morgan fingerprint density at radius 2 is 2.08 bits per heavy atom. The average Bonchev–Trinajstić information content (AvgIpc) is 3.32. The molecule has 0 saturated heterocycles. The van der Waals surface area contributed by atoms with Crippen molar-refractivity contribution in [2.75, 3.05) is 19.5 Å². The molecule has 26 heavy (non-hydrogen) atoms. The van der Waals surface area contributed by atoms with Crippen LogP contribution in [0, 0.1) is 0 Å². The highest BCUT2D eigenvalue weighted by molar-refractivity contribution is 7.09. The van der Waals surface area contributed by atoms with E-state index in [0.29, 0.717) is 30.3 Å². The molecule has 0 aliphatic rings. The summed E-state index contributed by atoms with van der Waals surface area (Å²) in [4.78, 5) is 13.4. The van der Waals surface area contributed by atoms with Crippen LogP contribution in [0.2, 0.25) is 0 Å². The first-order valence-electron chi connectivity index (χ1n) is 8.25. The standard InChI is InChI=1S/C19H21N3O3S/c1-24-16-7-3-5-14(19(16)25-2)13-22-17(10-11-20-22)21-18(23)9-8-15-6-4-12-26-15/h3-7,10-12H,8-9,13H2,1-2H3,(H,21,23). The molecule has 0 bridgehead atoms. The number of carbonyl (C=O) groups is 1. The molecule has 0 aliphatic heterocycles. The van der Waals surface area contributed by atoms with E-state index in [1.54, 1.807) is 42.5 Å². The van der Waals surface area contributed by atoms with Crippen molar-refractivity contribution in [2.24, 2.45) is 0 Å². The number of nitrogens with zero attached hydrogens (tertiary/aromatic N) is 2. The summed E-state index contributed by atoms with van der Waals surface area (Å²) in [6, 6.07) is 11.5. The Hall–Kier alpha value is -2.80. The molecular formula is C19H21N3O3S. The quantitative estimate of drug-likeness (QED) is 0.657. The van der Waals surface area contributed by atoms with Crippen LogP contribution in [0.1, 0.15) is 16.9 Å². The zero-order valence-corrected chi connectivity index (χ0v) is 15.6. The Morgan fingerprint density at radius 3 is 2.81 bits per heavy atom. The summed E-state index contributed by atoms with van der Waals surface area (Å²) in [5, 5.41) is 9.26. The van der Waals surface area contributed by atoms with Gasteiger partial charge in [-0.15, -0.1) is 11.3 Å². The monoisotopic (exact) mass is 371 g/mol. The van der Waals surface area contributed by atoms with E-state index >= 15 is 0 Å². The number of aryl methyl sites for hydroxylation is 1. The van der Waals surface area contributed by atoms with Crippen LogP contribution in [0.5, 0.6) is 11.5 Å². The third kappa shape index (κ3) is 4.23. The van der Waals surface area contributed by atoms with Crippen LogP contribution < -0.4 is 14.8 Å². The van der Waals surface area contributed by atoms with Crippen molar-refractivity contribution in [1.82, 2.24) is 9.78 Å². The minimum Gasteiger partial charge on any atom is -0.493 e. The summed E-state index contributed by atoms with van der Waals surface area (Å²) < 4.78 is 12.5. The van der Waals surface area contributed by atoms with E-state index in [-0.39, 0.29) is 5.91 Å². The van der Waals surface area contributed by atoms with E-state index in [2.05, 4.69) is 10.4 Å². The maximum atomic E-state index is 12.2. The normalized spacial score (nSPS) is 10.5. The van der Waals surface area contributed by atoms with Gasteiger partial charge in [-0.1, -0.05) is 18.2 Å². The van der Waals surface area contributed by atoms with Crippen molar-refractivity contribution in [3.05, 3.63) is 58.4 Å². The summed E-state index contributed by atoms with van der Waals surface area (Å²) in [6.45, 7) is 0.466. The van der Waals surface area contributed by atoms with Crippen molar-refractivity contribution in [2.45, 2.75) is 19.4 Å². The molecule has 2 heterocycles. The van der Waals surface area contributed by atoms with Gasteiger partial charge in [0.2, 0.25) is 5.91 Å². The molecule has 0 saturated carbocycles. The Kier molecular flexibility index (Phi) is 5.91. The lowest BCUT2D eigenvalue weighted by molar-refractivity contribution is -0.116. The minimum absolute atomic E-state index is 0.0299. The fourth-order valence-corrected chi connectivity index (χ4v) is 3.41. The van der Waals surface area contributed by atoms with Gasteiger partial charge in [-0.2, -0.15) is 5.10 Å². The van der Waals surface area contributed by atoms with Gasteiger partial charge >= 0.3 is 0 Å². The van der Waals surface area contributed by atoms with Crippen LogP contribution in [-0.4, -0.2) is 29.9 Å². The molecule has 0 aliphatic carbocycles. The number of aromatic nitrogens is 2. The third-order valence-corrected chi connectivity index (χ3v) is 4.90. The number of methoxy groups -OCH3 is 2. The van der Waals surface area contributed by atoms with Gasteiger partial charge in [0, 0.05) is 22.9 Å². The first-order chi connectivity index (χ1) is 12.7. The number of thiophene rings is 1. The van der Waals surface area contributed by atoms with Crippen LogP contribution in [0.3, 0.4) is 0 Å². The minimum atomic E-state index is -0.0299. The molecule has 136 valence electrons. The predicted octanol–water partition coefficient (Wildman–Crippen LogP) is 3.58. The Bertz CT molecular complexity index is 859. The topological polar surface area (TPSA) is 65.4 Å². The molecule has 7 heteroatoms. The molecule has 1 N–H and O–H groups in total. The molecule has 1 aromatic carbocycles. The SMILES string of the molecule is COc1cccc(Cn2nccc2NC(=O)CCc2cccs2)c1OC. The van der Waals surface area contributed by atoms with E-state index in [9.17, 15) is 4.79 Å². The lowest BCUT2D eigenvalue weighted by Crippen LogP contribution is -2.16. The molecule has 0 atom stereocenters. The van der Waals surface area contributed by atoms with Gasteiger partial charge in [0.15, 0.2) is 11.5 Å². The fourth-order valence-electron chi connectivity index (χ4n) is 2.70. The van der Waals surface area contributed by atoms with Gasteiger partial charge in [0.25, 0.3) is 0 Å². The first kappa shape index (κ1) is 18.0. The third-order valence-electron chi connectivity index (χ3n) is 3.97. The van der Waals surface area contributed by atoms with E-state index in [1.807, 2.05) is 35.7 Å². The summed E-state index contributed by atoms with van der Waals surface area (Å²) in [5.41, 5.74) is 0.921. The predicted molar refractivity (Wildman–Crippen MR) is 102 cm³/mol. The number of nitrogens with one attached hydrogen (secondary N) is 1. The maximum absolute atomic E-state index is 12.2. The molecule has 3 rings (SSSR count). The zero-order chi connectivity index (χ0) is 18.4. The molecule has 3 aromatic rings. The average molecular weight is 371 g/mol. The van der Waals surface area contributed by atoms with Crippen LogP contribution in [0.25, 0.3) is 0 Å². The number of amides is 1. The van der Waals surface area contributed by atoms with E-state index < -0.39 is 0 Å². The number of ether oxygens (including phenoxy) is 2. The molecule has 0 fully saturated rings. The number of rotatable bonds is 8. The number of hydrogen-bond acceptors (Lipinski definition) is 5. The van der Waals surface area contributed by atoms with Gasteiger partial charge in [-0.05, 0) is 23.9 Å². The summed E-state index contributed by atoms with van der Waals surface area (Å²) in [7, 11) is 3.21. The van der Waals surface area contributed by atoms with Crippen molar-refractivity contribution >= 4 is 23.1 Å². The second-order valence-corrected chi connectivity index (χ2v) is 6.69.